The van der Waals surface area contributed by atoms with E-state index in [1.807, 2.05) is 7.11 Å². The molecule has 0 spiro atoms. The third-order valence-electron chi connectivity index (χ3n) is 3.67. The molecule has 1 aromatic heterocycles. The Morgan fingerprint density at radius 1 is 1.33 bits per heavy atom. The van der Waals surface area contributed by atoms with Crippen LogP contribution in [0.2, 0.25) is 0 Å². The van der Waals surface area contributed by atoms with Crippen molar-refractivity contribution < 1.29 is 4.74 Å². The first-order chi connectivity index (χ1) is 8.78. The minimum Gasteiger partial charge on any atom is -0.378 e. The van der Waals surface area contributed by atoms with Gasteiger partial charge in [0.2, 0.25) is 0 Å². The highest BCUT2D eigenvalue weighted by molar-refractivity contribution is 7.11. The zero-order valence-corrected chi connectivity index (χ0v) is 12.2. The molecule has 5 heteroatoms. The molecule has 0 aromatic carbocycles. The monoisotopic (exact) mass is 269 g/mol. The van der Waals surface area contributed by atoms with Gasteiger partial charge < -0.3 is 10.1 Å². The largest absolute Gasteiger partial charge is 0.378 e. The van der Waals surface area contributed by atoms with Crippen LogP contribution >= 0.6 is 11.3 Å². The maximum atomic E-state index is 5.63. The van der Waals surface area contributed by atoms with Crippen molar-refractivity contribution in [3.63, 3.8) is 0 Å². The molecule has 1 aromatic rings. The van der Waals surface area contributed by atoms with Crippen molar-refractivity contribution in [2.45, 2.75) is 51.0 Å². The molecular weight excluding hydrogens is 246 g/mol. The molecule has 1 fully saturated rings. The van der Waals surface area contributed by atoms with E-state index in [2.05, 4.69) is 22.4 Å². The number of hydrogen-bond acceptors (Lipinski definition) is 5. The molecule has 0 aliphatic heterocycles. The summed E-state index contributed by atoms with van der Waals surface area (Å²) < 4.78 is 5.63. The number of aromatic nitrogens is 2. The van der Waals surface area contributed by atoms with Gasteiger partial charge in [0, 0.05) is 20.0 Å². The lowest BCUT2D eigenvalue weighted by atomic mass is 9.78. The van der Waals surface area contributed by atoms with Gasteiger partial charge in [-0.3, -0.25) is 0 Å². The summed E-state index contributed by atoms with van der Waals surface area (Å²) in [6.45, 7) is 4.23. The molecule has 0 amide bonds. The SMILES string of the molecule is CCNCCCc1nnc(CC2(OC)CCC2)s1. The lowest BCUT2D eigenvalue weighted by Crippen LogP contribution is -2.41. The summed E-state index contributed by atoms with van der Waals surface area (Å²) in [6, 6.07) is 0. The van der Waals surface area contributed by atoms with Crippen LogP contribution < -0.4 is 5.32 Å². The van der Waals surface area contributed by atoms with Crippen LogP contribution in [0.5, 0.6) is 0 Å². The topological polar surface area (TPSA) is 47.0 Å². The first-order valence-electron chi connectivity index (χ1n) is 6.85. The predicted molar refractivity (Wildman–Crippen MR) is 74.1 cm³/mol. The molecule has 1 N–H and O–H groups in total. The molecule has 4 nitrogen and oxygen atoms in total. The van der Waals surface area contributed by atoms with E-state index >= 15 is 0 Å². The first-order valence-corrected chi connectivity index (χ1v) is 7.67. The number of ether oxygens (including phenoxy) is 1. The highest BCUT2D eigenvalue weighted by atomic mass is 32.1. The van der Waals surface area contributed by atoms with Crippen LogP contribution in [0.25, 0.3) is 0 Å². The van der Waals surface area contributed by atoms with Crippen LogP contribution in [0.3, 0.4) is 0 Å². The second kappa shape index (κ2) is 6.59. The van der Waals surface area contributed by atoms with Crippen LogP contribution in [0, 0.1) is 0 Å². The molecule has 0 atom stereocenters. The van der Waals surface area contributed by atoms with Crippen molar-refractivity contribution in [3.05, 3.63) is 10.0 Å². The normalized spacial score (nSPS) is 17.7. The first kappa shape index (κ1) is 13.9. The Labute approximate surface area is 113 Å². The summed E-state index contributed by atoms with van der Waals surface area (Å²) in [6.07, 6.45) is 6.72. The summed E-state index contributed by atoms with van der Waals surface area (Å²) in [4.78, 5) is 0. The molecule has 0 radical (unpaired) electrons. The van der Waals surface area contributed by atoms with Gasteiger partial charge in [0.15, 0.2) is 0 Å². The second-order valence-corrected chi connectivity index (χ2v) is 6.11. The quantitative estimate of drug-likeness (QED) is 0.735. The van der Waals surface area contributed by atoms with Crippen molar-refractivity contribution >= 4 is 11.3 Å². The lowest BCUT2D eigenvalue weighted by molar-refractivity contribution is -0.0709. The maximum absolute atomic E-state index is 5.63. The van der Waals surface area contributed by atoms with E-state index in [1.54, 1.807) is 11.3 Å². The number of rotatable bonds is 8. The standard InChI is InChI=1S/C13H23N3OS/c1-3-14-9-4-6-11-15-16-12(18-11)10-13(17-2)7-5-8-13/h14H,3-10H2,1-2H3. The van der Waals surface area contributed by atoms with Crippen LogP contribution in [0.1, 0.15) is 42.6 Å². The summed E-state index contributed by atoms with van der Waals surface area (Å²) >= 11 is 1.75. The summed E-state index contributed by atoms with van der Waals surface area (Å²) in [5, 5.41) is 14.2. The van der Waals surface area contributed by atoms with Gasteiger partial charge in [0.25, 0.3) is 0 Å². The summed E-state index contributed by atoms with van der Waals surface area (Å²) in [5.41, 5.74) is 0.0700. The molecule has 1 aliphatic rings. The predicted octanol–water partition coefficient (Wildman–Crippen LogP) is 2.19. The fraction of sp³-hybridized carbons (Fsp3) is 0.846. The Morgan fingerprint density at radius 3 is 2.72 bits per heavy atom. The molecular formula is C13H23N3OS. The van der Waals surface area contributed by atoms with Crippen molar-refractivity contribution in [1.29, 1.82) is 0 Å². The molecule has 1 heterocycles. The Hall–Kier alpha value is -0.520. The lowest BCUT2D eigenvalue weighted by Gasteiger charge is -2.39. The molecule has 1 saturated carbocycles. The van der Waals surface area contributed by atoms with Gasteiger partial charge in [0.1, 0.15) is 10.0 Å². The number of methoxy groups -OCH3 is 1. The average Bonchev–Trinajstić information content (AvgIpc) is 2.77. The van der Waals surface area contributed by atoms with Gasteiger partial charge in [-0.25, -0.2) is 0 Å². The summed E-state index contributed by atoms with van der Waals surface area (Å²) in [5.74, 6) is 0. The molecule has 0 saturated heterocycles. The van der Waals surface area contributed by atoms with Crippen molar-refractivity contribution in [1.82, 2.24) is 15.5 Å². The number of aryl methyl sites for hydroxylation is 1. The Bertz CT molecular complexity index is 357. The minimum absolute atomic E-state index is 0.0700. The van der Waals surface area contributed by atoms with Crippen molar-refractivity contribution in [2.24, 2.45) is 0 Å². The molecule has 102 valence electrons. The third-order valence-corrected chi connectivity index (χ3v) is 4.66. The molecule has 1 aliphatic carbocycles. The number of nitrogens with zero attached hydrogens (tertiary/aromatic N) is 2. The van der Waals surface area contributed by atoms with E-state index in [-0.39, 0.29) is 5.60 Å². The molecule has 2 rings (SSSR count). The van der Waals surface area contributed by atoms with Crippen molar-refractivity contribution in [2.75, 3.05) is 20.2 Å². The van der Waals surface area contributed by atoms with Crippen molar-refractivity contribution in [3.8, 4) is 0 Å². The smallest absolute Gasteiger partial charge is 0.120 e. The Balaban J connectivity index is 1.79. The van der Waals surface area contributed by atoms with E-state index in [4.69, 9.17) is 4.74 Å². The average molecular weight is 269 g/mol. The Kier molecular flexibility index (Phi) is 5.09. The van der Waals surface area contributed by atoms with Gasteiger partial charge in [-0.05, 0) is 38.8 Å². The van der Waals surface area contributed by atoms with E-state index in [1.165, 1.54) is 19.3 Å². The van der Waals surface area contributed by atoms with E-state index in [0.717, 1.165) is 42.4 Å². The van der Waals surface area contributed by atoms with E-state index in [9.17, 15) is 0 Å². The van der Waals surface area contributed by atoms with Crippen LogP contribution in [0.15, 0.2) is 0 Å². The van der Waals surface area contributed by atoms with Crippen LogP contribution in [-0.2, 0) is 17.6 Å². The number of hydrogen-bond donors (Lipinski definition) is 1. The van der Waals surface area contributed by atoms with Gasteiger partial charge in [-0.1, -0.05) is 6.92 Å². The summed E-state index contributed by atoms with van der Waals surface area (Å²) in [7, 11) is 1.82. The van der Waals surface area contributed by atoms with Crippen LogP contribution in [0.4, 0.5) is 0 Å². The third kappa shape index (κ3) is 3.49. The van der Waals surface area contributed by atoms with E-state index in [0.29, 0.717) is 0 Å². The van der Waals surface area contributed by atoms with Gasteiger partial charge in [-0.2, -0.15) is 0 Å². The van der Waals surface area contributed by atoms with Gasteiger partial charge >= 0.3 is 0 Å². The maximum Gasteiger partial charge on any atom is 0.120 e. The highest BCUT2D eigenvalue weighted by Gasteiger charge is 2.38. The zero-order valence-electron chi connectivity index (χ0n) is 11.4. The fourth-order valence-corrected chi connectivity index (χ4v) is 3.32. The van der Waals surface area contributed by atoms with Gasteiger partial charge in [0.05, 0.1) is 5.60 Å². The highest BCUT2D eigenvalue weighted by Crippen LogP contribution is 2.38. The zero-order chi connectivity index (χ0) is 12.8. The van der Waals surface area contributed by atoms with Gasteiger partial charge in [-0.15, -0.1) is 21.5 Å². The minimum atomic E-state index is 0.0700. The molecule has 0 bridgehead atoms. The second-order valence-electron chi connectivity index (χ2n) is 4.96. The van der Waals surface area contributed by atoms with Crippen LogP contribution in [-0.4, -0.2) is 36.0 Å². The number of nitrogens with one attached hydrogen (secondary N) is 1. The fourth-order valence-electron chi connectivity index (χ4n) is 2.30. The molecule has 18 heavy (non-hydrogen) atoms. The Morgan fingerprint density at radius 2 is 2.11 bits per heavy atom. The van der Waals surface area contributed by atoms with E-state index < -0.39 is 0 Å². The molecule has 0 unspecified atom stereocenters.